The topological polar surface area (TPSA) is 84.0 Å². The fourth-order valence-corrected chi connectivity index (χ4v) is 4.18. The van der Waals surface area contributed by atoms with Crippen LogP contribution in [0.3, 0.4) is 0 Å². The zero-order chi connectivity index (χ0) is 15.7. The van der Waals surface area contributed by atoms with Gasteiger partial charge in [-0.1, -0.05) is 6.42 Å². The van der Waals surface area contributed by atoms with E-state index in [9.17, 15) is 14.4 Å². The van der Waals surface area contributed by atoms with E-state index in [0.29, 0.717) is 5.92 Å². The van der Waals surface area contributed by atoms with Crippen molar-refractivity contribution >= 4 is 5.91 Å². The molecule has 1 heterocycles. The molecule has 2 aliphatic rings. The van der Waals surface area contributed by atoms with Crippen LogP contribution in [-0.4, -0.2) is 21.5 Å². The van der Waals surface area contributed by atoms with E-state index >= 15 is 0 Å². The maximum Gasteiger partial charge on any atom is 0.328 e. The van der Waals surface area contributed by atoms with Crippen LogP contribution in [0, 0.1) is 17.8 Å². The largest absolute Gasteiger partial charge is 0.353 e. The summed E-state index contributed by atoms with van der Waals surface area (Å²) >= 11 is 0. The Kier molecular flexibility index (Phi) is 4.18. The molecule has 3 rings (SSSR count). The fourth-order valence-electron chi connectivity index (χ4n) is 4.18. The van der Waals surface area contributed by atoms with Crippen LogP contribution in [0.15, 0.2) is 21.9 Å². The van der Waals surface area contributed by atoms with Gasteiger partial charge in [-0.05, 0) is 43.9 Å². The van der Waals surface area contributed by atoms with E-state index in [1.54, 1.807) is 0 Å². The number of rotatable bonds is 5. The standard InChI is InChI=1S/C16H23N3O3/c1-10(13-9-11-2-3-12(13)8-11)17-14(20)4-6-19-7-5-15(21)18-16(19)22/h5,7,10-13H,2-4,6,8-9H2,1H3,(H,17,20)(H,18,21,22)/t10-,11+,12+,13+/m1/s1. The monoisotopic (exact) mass is 305 g/mol. The number of nitrogens with one attached hydrogen (secondary N) is 2. The van der Waals surface area contributed by atoms with Crippen molar-refractivity contribution in [3.8, 4) is 0 Å². The van der Waals surface area contributed by atoms with Gasteiger partial charge in [-0.3, -0.25) is 14.6 Å². The van der Waals surface area contributed by atoms with Crippen LogP contribution < -0.4 is 16.6 Å². The van der Waals surface area contributed by atoms with E-state index in [1.807, 2.05) is 0 Å². The Labute approximate surface area is 128 Å². The minimum atomic E-state index is -0.471. The number of nitrogens with zero attached hydrogens (tertiary/aromatic N) is 1. The molecule has 0 saturated heterocycles. The number of carbonyl (C=O) groups is 1. The Bertz CT molecular complexity index is 663. The summed E-state index contributed by atoms with van der Waals surface area (Å²) in [6, 6.07) is 1.49. The number of hydrogen-bond acceptors (Lipinski definition) is 3. The predicted molar refractivity (Wildman–Crippen MR) is 82.5 cm³/mol. The highest BCUT2D eigenvalue weighted by Crippen LogP contribution is 2.49. The van der Waals surface area contributed by atoms with Gasteiger partial charge in [0.15, 0.2) is 0 Å². The lowest BCUT2D eigenvalue weighted by Crippen LogP contribution is -2.40. The van der Waals surface area contributed by atoms with E-state index in [-0.39, 0.29) is 24.9 Å². The summed E-state index contributed by atoms with van der Waals surface area (Å²) in [6.07, 6.45) is 6.91. The van der Waals surface area contributed by atoms with Crippen LogP contribution in [-0.2, 0) is 11.3 Å². The third kappa shape index (κ3) is 3.15. The molecule has 2 saturated carbocycles. The molecule has 0 radical (unpaired) electrons. The Morgan fingerprint density at radius 3 is 2.86 bits per heavy atom. The van der Waals surface area contributed by atoms with Crippen molar-refractivity contribution in [2.45, 2.75) is 51.6 Å². The molecule has 1 aromatic heterocycles. The molecule has 6 heteroatoms. The van der Waals surface area contributed by atoms with Gasteiger partial charge >= 0.3 is 5.69 Å². The number of fused-ring (bicyclic) bond motifs is 2. The maximum absolute atomic E-state index is 12.1. The molecule has 1 amide bonds. The summed E-state index contributed by atoms with van der Waals surface area (Å²) in [4.78, 5) is 36.8. The maximum atomic E-state index is 12.1. The highest BCUT2D eigenvalue weighted by Gasteiger charge is 2.42. The van der Waals surface area contributed by atoms with Crippen LogP contribution in [0.4, 0.5) is 0 Å². The number of aromatic nitrogens is 2. The van der Waals surface area contributed by atoms with Gasteiger partial charge in [0.05, 0.1) is 0 Å². The summed E-state index contributed by atoms with van der Waals surface area (Å²) in [6.45, 7) is 2.38. The molecule has 0 aliphatic heterocycles. The van der Waals surface area contributed by atoms with Crippen molar-refractivity contribution in [1.29, 1.82) is 0 Å². The first kappa shape index (κ1) is 15.1. The SMILES string of the molecule is C[C@@H](NC(=O)CCn1ccc(=O)[nH]c1=O)[C@@H]1C[C@H]2CC[C@H]1C2. The van der Waals surface area contributed by atoms with Gasteiger partial charge < -0.3 is 9.88 Å². The van der Waals surface area contributed by atoms with E-state index in [4.69, 9.17) is 0 Å². The van der Waals surface area contributed by atoms with Crippen LogP contribution in [0.5, 0.6) is 0 Å². The fraction of sp³-hybridized carbons (Fsp3) is 0.688. The van der Waals surface area contributed by atoms with Crippen molar-refractivity contribution < 1.29 is 4.79 Å². The van der Waals surface area contributed by atoms with Crippen LogP contribution in [0.1, 0.15) is 39.0 Å². The second kappa shape index (κ2) is 6.10. The lowest BCUT2D eigenvalue weighted by Gasteiger charge is -2.28. The Morgan fingerprint density at radius 1 is 1.41 bits per heavy atom. The Morgan fingerprint density at radius 2 is 2.23 bits per heavy atom. The highest BCUT2D eigenvalue weighted by molar-refractivity contribution is 5.76. The molecular weight excluding hydrogens is 282 g/mol. The Balaban J connectivity index is 1.50. The summed E-state index contributed by atoms with van der Waals surface area (Å²) in [5.41, 5.74) is -0.892. The van der Waals surface area contributed by atoms with Crippen LogP contribution in [0.25, 0.3) is 0 Å². The third-order valence-electron chi connectivity index (χ3n) is 5.30. The number of aryl methyl sites for hydroxylation is 1. The molecule has 2 fully saturated rings. The van der Waals surface area contributed by atoms with Gasteiger partial charge in [0.2, 0.25) is 5.91 Å². The first-order chi connectivity index (χ1) is 10.5. The molecule has 2 aliphatic carbocycles. The average molecular weight is 305 g/mol. The summed E-state index contributed by atoms with van der Waals surface area (Å²) in [5, 5.41) is 3.08. The van der Waals surface area contributed by atoms with Crippen molar-refractivity contribution in [1.82, 2.24) is 14.9 Å². The quantitative estimate of drug-likeness (QED) is 0.846. The molecule has 120 valence electrons. The second-order valence-electron chi connectivity index (χ2n) is 6.75. The van der Waals surface area contributed by atoms with Crippen molar-refractivity contribution in [3.63, 3.8) is 0 Å². The van der Waals surface area contributed by atoms with E-state index < -0.39 is 11.2 Å². The van der Waals surface area contributed by atoms with E-state index in [0.717, 1.165) is 11.8 Å². The predicted octanol–water partition coefficient (Wildman–Crippen LogP) is 0.868. The summed E-state index contributed by atoms with van der Waals surface area (Å²) in [5.74, 6) is 2.23. The van der Waals surface area contributed by atoms with Gasteiger partial charge in [0, 0.05) is 31.3 Å². The van der Waals surface area contributed by atoms with Gasteiger partial charge in [0.1, 0.15) is 0 Å². The number of aromatic amines is 1. The van der Waals surface area contributed by atoms with Crippen molar-refractivity contribution in [3.05, 3.63) is 33.1 Å². The van der Waals surface area contributed by atoms with Crippen molar-refractivity contribution in [2.24, 2.45) is 17.8 Å². The van der Waals surface area contributed by atoms with Gasteiger partial charge in [0.25, 0.3) is 5.56 Å². The molecule has 4 atom stereocenters. The Hall–Kier alpha value is -1.85. The molecular formula is C16H23N3O3. The molecule has 0 aromatic carbocycles. The summed E-state index contributed by atoms with van der Waals surface area (Å²) < 4.78 is 1.35. The molecule has 22 heavy (non-hydrogen) atoms. The average Bonchev–Trinajstić information content (AvgIpc) is 3.09. The molecule has 0 unspecified atom stereocenters. The lowest BCUT2D eigenvalue weighted by molar-refractivity contribution is -0.122. The highest BCUT2D eigenvalue weighted by atomic mass is 16.2. The van der Waals surface area contributed by atoms with Gasteiger partial charge in [-0.25, -0.2) is 4.79 Å². The molecule has 0 spiro atoms. The zero-order valence-electron chi connectivity index (χ0n) is 12.9. The number of carbonyl (C=O) groups excluding carboxylic acids is 1. The van der Waals surface area contributed by atoms with Crippen LogP contribution in [0.2, 0.25) is 0 Å². The normalized spacial score (nSPS) is 27.8. The first-order valence-electron chi connectivity index (χ1n) is 8.12. The van der Waals surface area contributed by atoms with Gasteiger partial charge in [-0.2, -0.15) is 0 Å². The number of hydrogen-bond donors (Lipinski definition) is 2. The molecule has 2 bridgehead atoms. The molecule has 6 nitrogen and oxygen atoms in total. The molecule has 2 N–H and O–H groups in total. The lowest BCUT2D eigenvalue weighted by atomic mass is 9.84. The van der Waals surface area contributed by atoms with Crippen molar-refractivity contribution in [2.75, 3.05) is 0 Å². The summed E-state index contributed by atoms with van der Waals surface area (Å²) in [7, 11) is 0. The zero-order valence-corrected chi connectivity index (χ0v) is 12.9. The third-order valence-corrected chi connectivity index (χ3v) is 5.30. The second-order valence-corrected chi connectivity index (χ2v) is 6.75. The number of H-pyrrole nitrogens is 1. The minimum absolute atomic E-state index is 0.0339. The van der Waals surface area contributed by atoms with Gasteiger partial charge in [-0.15, -0.1) is 0 Å². The number of amides is 1. The first-order valence-corrected chi connectivity index (χ1v) is 8.12. The minimum Gasteiger partial charge on any atom is -0.353 e. The van der Waals surface area contributed by atoms with E-state index in [1.165, 1.54) is 42.5 Å². The molecule has 1 aromatic rings. The van der Waals surface area contributed by atoms with Crippen LogP contribution >= 0.6 is 0 Å². The smallest absolute Gasteiger partial charge is 0.328 e. The van der Waals surface area contributed by atoms with E-state index in [2.05, 4.69) is 17.2 Å².